The smallest absolute Gasteiger partial charge is 0.0110 e. The summed E-state index contributed by atoms with van der Waals surface area (Å²) in [6, 6.07) is 0.773. The molecule has 2 saturated heterocycles. The van der Waals surface area contributed by atoms with Crippen LogP contribution in [0.25, 0.3) is 0 Å². The molecule has 16 heavy (non-hydrogen) atoms. The molecule has 2 aliphatic rings. The lowest BCUT2D eigenvalue weighted by Gasteiger charge is -2.32. The molecule has 0 aromatic rings. The van der Waals surface area contributed by atoms with Gasteiger partial charge in [-0.25, -0.2) is 0 Å². The Labute approximate surface area is 100.0 Å². The maximum absolute atomic E-state index is 3.69. The first-order valence-corrected chi connectivity index (χ1v) is 6.92. The van der Waals surface area contributed by atoms with Crippen molar-refractivity contribution in [3.05, 3.63) is 0 Å². The van der Waals surface area contributed by atoms with E-state index in [4.69, 9.17) is 0 Å². The average molecular weight is 225 g/mol. The molecule has 2 N–H and O–H groups in total. The molecular weight excluding hydrogens is 198 g/mol. The molecule has 0 bridgehead atoms. The largest absolute Gasteiger partial charge is 0.314 e. The van der Waals surface area contributed by atoms with Gasteiger partial charge in [0, 0.05) is 38.8 Å². The lowest BCUT2D eigenvalue weighted by molar-refractivity contribution is 0.192. The molecule has 0 spiro atoms. The van der Waals surface area contributed by atoms with Crippen LogP contribution in [0.4, 0.5) is 0 Å². The van der Waals surface area contributed by atoms with Crippen LogP contribution in [0.1, 0.15) is 26.7 Å². The Morgan fingerprint density at radius 2 is 1.94 bits per heavy atom. The zero-order chi connectivity index (χ0) is 11.4. The van der Waals surface area contributed by atoms with E-state index < -0.39 is 0 Å². The maximum atomic E-state index is 3.69. The number of rotatable bonds is 4. The van der Waals surface area contributed by atoms with Gasteiger partial charge in [0.2, 0.25) is 0 Å². The maximum Gasteiger partial charge on any atom is 0.0110 e. The standard InChI is InChI=1S/C13H27N3/c1-11(2)9-13-12(3-4-15-13)10-16-7-5-14-6-8-16/h11-15H,3-10H2,1-2H3/t12-,13-/m1/s1. The Morgan fingerprint density at radius 1 is 1.19 bits per heavy atom. The van der Waals surface area contributed by atoms with E-state index in [-0.39, 0.29) is 0 Å². The first-order chi connectivity index (χ1) is 7.75. The van der Waals surface area contributed by atoms with Crippen LogP contribution in [0.5, 0.6) is 0 Å². The van der Waals surface area contributed by atoms with Gasteiger partial charge < -0.3 is 15.5 Å². The van der Waals surface area contributed by atoms with Crippen LogP contribution < -0.4 is 10.6 Å². The summed E-state index contributed by atoms with van der Waals surface area (Å²) in [6.45, 7) is 12.0. The Hall–Kier alpha value is -0.120. The second-order valence-corrected chi connectivity index (χ2v) is 5.79. The Balaban J connectivity index is 1.78. The Morgan fingerprint density at radius 3 is 2.62 bits per heavy atom. The molecule has 94 valence electrons. The van der Waals surface area contributed by atoms with E-state index >= 15 is 0 Å². The van der Waals surface area contributed by atoms with Crippen molar-refractivity contribution in [2.45, 2.75) is 32.7 Å². The summed E-state index contributed by atoms with van der Waals surface area (Å²) in [4.78, 5) is 2.64. The van der Waals surface area contributed by atoms with Crippen LogP contribution in [0, 0.1) is 11.8 Å². The van der Waals surface area contributed by atoms with Gasteiger partial charge in [0.05, 0.1) is 0 Å². The van der Waals surface area contributed by atoms with Gasteiger partial charge in [-0.2, -0.15) is 0 Å². The average Bonchev–Trinajstić information content (AvgIpc) is 2.66. The number of hydrogen-bond acceptors (Lipinski definition) is 3. The van der Waals surface area contributed by atoms with Crippen LogP contribution in [0.3, 0.4) is 0 Å². The van der Waals surface area contributed by atoms with Gasteiger partial charge in [0.1, 0.15) is 0 Å². The van der Waals surface area contributed by atoms with Crippen LogP contribution in [-0.4, -0.2) is 50.2 Å². The normalized spacial score (nSPS) is 32.4. The van der Waals surface area contributed by atoms with Crippen molar-refractivity contribution in [3.8, 4) is 0 Å². The predicted octanol–water partition coefficient (Wildman–Crippen LogP) is 0.916. The summed E-state index contributed by atoms with van der Waals surface area (Å²) >= 11 is 0. The van der Waals surface area contributed by atoms with Crippen molar-refractivity contribution < 1.29 is 0 Å². The second kappa shape index (κ2) is 5.99. The lowest BCUT2D eigenvalue weighted by atomic mass is 9.92. The molecule has 0 aliphatic carbocycles. The van der Waals surface area contributed by atoms with Crippen molar-refractivity contribution >= 4 is 0 Å². The third kappa shape index (κ3) is 3.44. The number of nitrogens with zero attached hydrogens (tertiary/aromatic N) is 1. The van der Waals surface area contributed by atoms with E-state index in [9.17, 15) is 0 Å². The fraction of sp³-hybridized carbons (Fsp3) is 1.00. The monoisotopic (exact) mass is 225 g/mol. The van der Waals surface area contributed by atoms with E-state index in [0.717, 1.165) is 17.9 Å². The van der Waals surface area contributed by atoms with Crippen LogP contribution in [0.2, 0.25) is 0 Å². The zero-order valence-electron chi connectivity index (χ0n) is 10.8. The van der Waals surface area contributed by atoms with E-state index in [2.05, 4.69) is 29.4 Å². The van der Waals surface area contributed by atoms with Crippen molar-refractivity contribution in [2.24, 2.45) is 11.8 Å². The van der Waals surface area contributed by atoms with Gasteiger partial charge >= 0.3 is 0 Å². The lowest BCUT2D eigenvalue weighted by Crippen LogP contribution is -2.46. The minimum absolute atomic E-state index is 0.773. The van der Waals surface area contributed by atoms with Crippen LogP contribution in [0.15, 0.2) is 0 Å². The number of nitrogens with one attached hydrogen (secondary N) is 2. The molecule has 3 heteroatoms. The molecule has 0 amide bonds. The van der Waals surface area contributed by atoms with Crippen molar-refractivity contribution in [1.29, 1.82) is 0 Å². The highest BCUT2D eigenvalue weighted by molar-refractivity contribution is 4.87. The molecule has 0 saturated carbocycles. The van der Waals surface area contributed by atoms with E-state index in [1.807, 2.05) is 0 Å². The summed E-state index contributed by atoms with van der Waals surface area (Å²) in [5, 5.41) is 7.11. The van der Waals surface area contributed by atoms with Gasteiger partial charge in [-0.3, -0.25) is 0 Å². The molecule has 2 fully saturated rings. The quantitative estimate of drug-likeness (QED) is 0.745. The van der Waals surface area contributed by atoms with Gasteiger partial charge in [-0.05, 0) is 31.2 Å². The predicted molar refractivity (Wildman–Crippen MR) is 68.7 cm³/mol. The summed E-state index contributed by atoms with van der Waals surface area (Å²) < 4.78 is 0. The van der Waals surface area contributed by atoms with E-state index in [0.29, 0.717) is 0 Å². The molecule has 2 heterocycles. The van der Waals surface area contributed by atoms with Gasteiger partial charge in [0.15, 0.2) is 0 Å². The van der Waals surface area contributed by atoms with Crippen molar-refractivity contribution in [3.63, 3.8) is 0 Å². The van der Waals surface area contributed by atoms with Gasteiger partial charge in [-0.15, -0.1) is 0 Å². The summed E-state index contributed by atoms with van der Waals surface area (Å²) in [6.07, 6.45) is 2.72. The highest BCUT2D eigenvalue weighted by Crippen LogP contribution is 2.22. The van der Waals surface area contributed by atoms with Crippen molar-refractivity contribution in [2.75, 3.05) is 39.3 Å². The highest BCUT2D eigenvalue weighted by Gasteiger charge is 2.28. The molecule has 0 unspecified atom stereocenters. The second-order valence-electron chi connectivity index (χ2n) is 5.79. The SMILES string of the molecule is CC(C)C[C@H]1NCC[C@@H]1CN1CCNCC1. The molecule has 0 aromatic carbocycles. The molecule has 2 rings (SSSR count). The fourth-order valence-electron chi connectivity index (χ4n) is 3.05. The number of piperazine rings is 1. The van der Waals surface area contributed by atoms with E-state index in [1.165, 1.54) is 52.1 Å². The first-order valence-electron chi connectivity index (χ1n) is 6.92. The third-order valence-corrected chi connectivity index (χ3v) is 3.92. The molecular formula is C13H27N3. The summed E-state index contributed by atoms with van der Waals surface area (Å²) in [5.74, 6) is 1.71. The summed E-state index contributed by atoms with van der Waals surface area (Å²) in [7, 11) is 0. The van der Waals surface area contributed by atoms with Gasteiger partial charge in [-0.1, -0.05) is 13.8 Å². The molecule has 2 atom stereocenters. The molecule has 2 aliphatic heterocycles. The fourth-order valence-corrected chi connectivity index (χ4v) is 3.05. The molecule has 3 nitrogen and oxygen atoms in total. The van der Waals surface area contributed by atoms with Crippen LogP contribution in [-0.2, 0) is 0 Å². The summed E-state index contributed by atoms with van der Waals surface area (Å²) in [5.41, 5.74) is 0. The first kappa shape index (κ1) is 12.3. The topological polar surface area (TPSA) is 27.3 Å². The van der Waals surface area contributed by atoms with Gasteiger partial charge in [0.25, 0.3) is 0 Å². The number of hydrogen-bond donors (Lipinski definition) is 2. The minimum atomic E-state index is 0.773. The van der Waals surface area contributed by atoms with Crippen molar-refractivity contribution in [1.82, 2.24) is 15.5 Å². The Bertz CT molecular complexity index is 199. The minimum Gasteiger partial charge on any atom is -0.314 e. The zero-order valence-corrected chi connectivity index (χ0v) is 10.8. The highest BCUT2D eigenvalue weighted by atomic mass is 15.2. The Kier molecular flexibility index (Phi) is 4.62. The van der Waals surface area contributed by atoms with E-state index in [1.54, 1.807) is 0 Å². The molecule has 0 aromatic heterocycles. The molecule has 0 radical (unpaired) electrons. The van der Waals surface area contributed by atoms with Crippen LogP contribution >= 0.6 is 0 Å². The third-order valence-electron chi connectivity index (χ3n) is 3.92.